The Kier molecular flexibility index (Phi) is 4.39. The van der Waals surface area contributed by atoms with Crippen molar-refractivity contribution in [3.05, 3.63) is 57.8 Å². The van der Waals surface area contributed by atoms with Gasteiger partial charge in [0.25, 0.3) is 5.91 Å². The lowest BCUT2D eigenvalue weighted by Crippen LogP contribution is -2.14. The standard InChI is InChI=1S/C15H13BrFNO2/c1-9-3-5-12(17)11(7-9)15(19)18-13-8-10(16)4-6-14(13)20-2/h3-8H,1-2H3,(H,18,19). The minimum Gasteiger partial charge on any atom is -0.495 e. The minimum absolute atomic E-state index is 0.00651. The number of halogens is 2. The zero-order valence-electron chi connectivity index (χ0n) is 11.0. The van der Waals surface area contributed by atoms with E-state index in [0.29, 0.717) is 11.4 Å². The van der Waals surface area contributed by atoms with Crippen molar-refractivity contribution in [3.63, 3.8) is 0 Å². The molecule has 0 spiro atoms. The number of anilines is 1. The molecule has 0 heterocycles. The maximum absolute atomic E-state index is 13.7. The number of aryl methyl sites for hydroxylation is 1. The van der Waals surface area contributed by atoms with E-state index in [2.05, 4.69) is 21.2 Å². The number of nitrogens with one attached hydrogen (secondary N) is 1. The monoisotopic (exact) mass is 337 g/mol. The summed E-state index contributed by atoms with van der Waals surface area (Å²) in [4.78, 5) is 12.1. The Labute approximate surface area is 124 Å². The summed E-state index contributed by atoms with van der Waals surface area (Å²) in [5.41, 5.74) is 1.30. The fourth-order valence-corrected chi connectivity index (χ4v) is 2.14. The summed E-state index contributed by atoms with van der Waals surface area (Å²) in [5.74, 6) is -0.556. The van der Waals surface area contributed by atoms with Crippen molar-refractivity contribution in [1.29, 1.82) is 0 Å². The summed E-state index contributed by atoms with van der Waals surface area (Å²) in [6.07, 6.45) is 0. The van der Waals surface area contributed by atoms with Crippen LogP contribution in [0.15, 0.2) is 40.9 Å². The van der Waals surface area contributed by atoms with Gasteiger partial charge in [0, 0.05) is 4.47 Å². The van der Waals surface area contributed by atoms with E-state index in [4.69, 9.17) is 4.74 Å². The molecule has 0 aromatic heterocycles. The molecule has 1 amide bonds. The summed E-state index contributed by atoms with van der Waals surface area (Å²) < 4.78 is 19.6. The van der Waals surface area contributed by atoms with E-state index in [1.807, 2.05) is 0 Å². The van der Waals surface area contributed by atoms with Crippen molar-refractivity contribution in [1.82, 2.24) is 0 Å². The number of hydrogen-bond donors (Lipinski definition) is 1. The van der Waals surface area contributed by atoms with Crippen LogP contribution in [0.4, 0.5) is 10.1 Å². The fraction of sp³-hybridized carbons (Fsp3) is 0.133. The Morgan fingerprint density at radius 3 is 2.70 bits per heavy atom. The SMILES string of the molecule is COc1ccc(Br)cc1NC(=O)c1cc(C)ccc1F. The van der Waals surface area contributed by atoms with Crippen LogP contribution >= 0.6 is 15.9 Å². The van der Waals surface area contributed by atoms with E-state index in [9.17, 15) is 9.18 Å². The van der Waals surface area contributed by atoms with Gasteiger partial charge in [-0.3, -0.25) is 4.79 Å². The molecule has 5 heteroatoms. The lowest BCUT2D eigenvalue weighted by atomic mass is 10.1. The van der Waals surface area contributed by atoms with Crippen LogP contribution in [0.2, 0.25) is 0 Å². The Morgan fingerprint density at radius 1 is 1.25 bits per heavy atom. The van der Waals surface area contributed by atoms with Gasteiger partial charge in [0.05, 0.1) is 18.4 Å². The second-order valence-corrected chi connectivity index (χ2v) is 5.20. The highest BCUT2D eigenvalue weighted by molar-refractivity contribution is 9.10. The molecule has 0 fully saturated rings. The molecule has 2 rings (SSSR count). The molecular formula is C15H13BrFNO2. The van der Waals surface area contributed by atoms with Crippen molar-refractivity contribution in [2.75, 3.05) is 12.4 Å². The maximum Gasteiger partial charge on any atom is 0.258 e. The third-order valence-electron chi connectivity index (χ3n) is 2.78. The van der Waals surface area contributed by atoms with Crippen molar-refractivity contribution in [3.8, 4) is 5.75 Å². The van der Waals surface area contributed by atoms with Crippen molar-refractivity contribution >= 4 is 27.5 Å². The van der Waals surface area contributed by atoms with Crippen LogP contribution in [0.1, 0.15) is 15.9 Å². The first-order valence-corrected chi connectivity index (χ1v) is 6.71. The molecule has 104 valence electrons. The smallest absolute Gasteiger partial charge is 0.258 e. The third kappa shape index (κ3) is 3.17. The lowest BCUT2D eigenvalue weighted by Gasteiger charge is -2.11. The molecule has 20 heavy (non-hydrogen) atoms. The van der Waals surface area contributed by atoms with Crippen LogP contribution in [0.25, 0.3) is 0 Å². The van der Waals surface area contributed by atoms with Crippen molar-refractivity contribution < 1.29 is 13.9 Å². The molecule has 0 saturated heterocycles. The van der Waals surface area contributed by atoms with Gasteiger partial charge in [0.15, 0.2) is 0 Å². The minimum atomic E-state index is -0.554. The number of amides is 1. The molecule has 3 nitrogen and oxygen atoms in total. The van der Waals surface area contributed by atoms with Crippen LogP contribution in [-0.4, -0.2) is 13.0 Å². The highest BCUT2D eigenvalue weighted by Crippen LogP contribution is 2.28. The van der Waals surface area contributed by atoms with Crippen LogP contribution < -0.4 is 10.1 Å². The Balaban J connectivity index is 2.32. The van der Waals surface area contributed by atoms with E-state index in [1.165, 1.54) is 19.2 Å². The van der Waals surface area contributed by atoms with Crippen molar-refractivity contribution in [2.45, 2.75) is 6.92 Å². The number of ether oxygens (including phenoxy) is 1. The van der Waals surface area contributed by atoms with Crippen LogP contribution in [0.3, 0.4) is 0 Å². The Hall–Kier alpha value is -1.88. The predicted molar refractivity (Wildman–Crippen MR) is 79.8 cm³/mol. The molecule has 0 aliphatic carbocycles. The van der Waals surface area contributed by atoms with Gasteiger partial charge < -0.3 is 10.1 Å². The molecule has 0 bridgehead atoms. The molecule has 1 N–H and O–H groups in total. The van der Waals surface area contributed by atoms with Crippen molar-refractivity contribution in [2.24, 2.45) is 0 Å². The summed E-state index contributed by atoms with van der Waals surface area (Å²) in [6.45, 7) is 1.80. The topological polar surface area (TPSA) is 38.3 Å². The van der Waals surface area contributed by atoms with Crippen LogP contribution in [-0.2, 0) is 0 Å². The average Bonchev–Trinajstić information content (AvgIpc) is 2.41. The second-order valence-electron chi connectivity index (χ2n) is 4.28. The third-order valence-corrected chi connectivity index (χ3v) is 3.27. The molecular weight excluding hydrogens is 325 g/mol. The Morgan fingerprint density at radius 2 is 2.00 bits per heavy atom. The molecule has 0 radical (unpaired) electrons. The second kappa shape index (κ2) is 6.05. The first kappa shape index (κ1) is 14.5. The average molecular weight is 338 g/mol. The van der Waals surface area contributed by atoms with Gasteiger partial charge in [-0.1, -0.05) is 27.6 Å². The van der Waals surface area contributed by atoms with E-state index < -0.39 is 11.7 Å². The number of rotatable bonds is 3. The lowest BCUT2D eigenvalue weighted by molar-refractivity contribution is 0.102. The summed E-state index contributed by atoms with van der Waals surface area (Å²) in [5, 5.41) is 2.65. The molecule has 0 atom stereocenters. The molecule has 2 aromatic carbocycles. The molecule has 0 aliphatic heterocycles. The number of benzene rings is 2. The number of methoxy groups -OCH3 is 1. The van der Waals surface area contributed by atoms with Gasteiger partial charge in [-0.25, -0.2) is 4.39 Å². The van der Waals surface area contributed by atoms with E-state index >= 15 is 0 Å². The molecule has 2 aromatic rings. The van der Waals surface area contributed by atoms with Gasteiger partial charge in [-0.2, -0.15) is 0 Å². The molecule has 0 aliphatic rings. The Bertz CT molecular complexity index is 658. The van der Waals surface area contributed by atoms with Crippen LogP contribution in [0, 0.1) is 12.7 Å². The fourth-order valence-electron chi connectivity index (χ4n) is 1.78. The highest BCUT2D eigenvalue weighted by Gasteiger charge is 2.14. The predicted octanol–water partition coefficient (Wildman–Crippen LogP) is 4.16. The summed E-state index contributed by atoms with van der Waals surface area (Å²) in [7, 11) is 1.51. The zero-order valence-corrected chi connectivity index (χ0v) is 12.6. The van der Waals surface area contributed by atoms with E-state index in [0.717, 1.165) is 10.0 Å². The van der Waals surface area contributed by atoms with Gasteiger partial charge in [-0.05, 0) is 37.3 Å². The summed E-state index contributed by atoms with van der Waals surface area (Å²) >= 11 is 3.32. The zero-order chi connectivity index (χ0) is 14.7. The van der Waals surface area contributed by atoms with E-state index in [1.54, 1.807) is 31.2 Å². The molecule has 0 unspecified atom stereocenters. The largest absolute Gasteiger partial charge is 0.495 e. The number of carbonyl (C=O) groups excluding carboxylic acids is 1. The first-order valence-electron chi connectivity index (χ1n) is 5.92. The number of hydrogen-bond acceptors (Lipinski definition) is 2. The van der Waals surface area contributed by atoms with Gasteiger partial charge in [0.1, 0.15) is 11.6 Å². The van der Waals surface area contributed by atoms with Gasteiger partial charge in [-0.15, -0.1) is 0 Å². The quantitative estimate of drug-likeness (QED) is 0.913. The summed E-state index contributed by atoms with van der Waals surface area (Å²) in [6, 6.07) is 9.61. The number of carbonyl (C=O) groups is 1. The van der Waals surface area contributed by atoms with E-state index in [-0.39, 0.29) is 5.56 Å². The first-order chi connectivity index (χ1) is 9.51. The normalized spacial score (nSPS) is 10.2. The van der Waals surface area contributed by atoms with Gasteiger partial charge in [0.2, 0.25) is 0 Å². The van der Waals surface area contributed by atoms with Crippen LogP contribution in [0.5, 0.6) is 5.75 Å². The maximum atomic E-state index is 13.7. The van der Waals surface area contributed by atoms with Gasteiger partial charge >= 0.3 is 0 Å². The highest BCUT2D eigenvalue weighted by atomic mass is 79.9. The molecule has 0 saturated carbocycles.